The van der Waals surface area contributed by atoms with Gasteiger partial charge in [0, 0.05) is 25.3 Å². The molecule has 1 aromatic carbocycles. The highest BCUT2D eigenvalue weighted by Gasteiger charge is 2.40. The Bertz CT molecular complexity index is 578. The molecule has 1 fully saturated rings. The molecule has 0 bridgehead atoms. The number of nitriles is 1. The quantitative estimate of drug-likeness (QED) is 0.848. The van der Waals surface area contributed by atoms with E-state index in [1.54, 1.807) is 0 Å². The summed E-state index contributed by atoms with van der Waals surface area (Å²) in [4.78, 5) is 12.1. The van der Waals surface area contributed by atoms with E-state index in [9.17, 15) is 18.0 Å². The van der Waals surface area contributed by atoms with Crippen LogP contribution in [-0.2, 0) is 9.53 Å². The number of carbonyl (C=O) groups excluding carboxylic acids is 1. The van der Waals surface area contributed by atoms with Crippen LogP contribution in [-0.4, -0.2) is 19.1 Å². The van der Waals surface area contributed by atoms with Crippen molar-refractivity contribution >= 4 is 11.6 Å². The molecule has 0 atom stereocenters. The number of anilines is 1. The fourth-order valence-corrected chi connectivity index (χ4v) is 2.00. The van der Waals surface area contributed by atoms with Crippen molar-refractivity contribution in [1.82, 2.24) is 0 Å². The summed E-state index contributed by atoms with van der Waals surface area (Å²) in [7, 11) is 0. The zero-order chi connectivity index (χ0) is 14.8. The zero-order valence-corrected chi connectivity index (χ0v) is 10.4. The van der Waals surface area contributed by atoms with Crippen LogP contribution in [0.2, 0.25) is 0 Å². The predicted octanol–water partition coefficient (Wildman–Crippen LogP) is 2.36. The first kappa shape index (κ1) is 14.3. The maximum absolute atomic E-state index is 13.5. The lowest BCUT2D eigenvalue weighted by atomic mass is 9.81. The van der Waals surface area contributed by atoms with Gasteiger partial charge in [0.05, 0.1) is 11.8 Å². The van der Waals surface area contributed by atoms with Gasteiger partial charge in [0.2, 0.25) is 5.91 Å². The lowest BCUT2D eigenvalue weighted by Crippen LogP contribution is -2.40. The number of ether oxygens (including phenoxy) is 1. The molecule has 0 saturated carbocycles. The Kier molecular flexibility index (Phi) is 3.95. The monoisotopic (exact) mass is 284 g/mol. The van der Waals surface area contributed by atoms with Crippen LogP contribution in [0, 0.1) is 34.2 Å². The number of nitrogens with zero attached hydrogens (tertiary/aromatic N) is 1. The molecule has 2 rings (SSSR count). The first-order valence-corrected chi connectivity index (χ1v) is 5.93. The molecular weight excluding hydrogens is 273 g/mol. The van der Waals surface area contributed by atoms with Gasteiger partial charge in [-0.1, -0.05) is 0 Å². The molecule has 0 spiro atoms. The van der Waals surface area contributed by atoms with Crippen molar-refractivity contribution in [1.29, 1.82) is 5.26 Å². The fourth-order valence-electron chi connectivity index (χ4n) is 2.00. The van der Waals surface area contributed by atoms with Crippen molar-refractivity contribution in [2.45, 2.75) is 12.8 Å². The number of hydrogen-bond acceptors (Lipinski definition) is 3. The van der Waals surface area contributed by atoms with Crippen LogP contribution < -0.4 is 5.32 Å². The maximum Gasteiger partial charge on any atom is 0.245 e. The average Bonchev–Trinajstić information content (AvgIpc) is 2.44. The average molecular weight is 284 g/mol. The Morgan fingerprint density at radius 1 is 1.30 bits per heavy atom. The summed E-state index contributed by atoms with van der Waals surface area (Å²) < 4.78 is 44.6. The minimum absolute atomic E-state index is 0.148. The SMILES string of the molecule is N#CC1(C(=O)Nc2cc(F)cc(F)c2F)CCOCC1. The number of nitrogens with one attached hydrogen (secondary N) is 1. The first-order chi connectivity index (χ1) is 9.48. The second kappa shape index (κ2) is 5.51. The van der Waals surface area contributed by atoms with E-state index in [0.717, 1.165) is 0 Å². The molecule has 0 radical (unpaired) electrons. The van der Waals surface area contributed by atoms with Gasteiger partial charge in [-0.3, -0.25) is 4.79 Å². The molecular formula is C13H11F3N2O2. The van der Waals surface area contributed by atoms with Gasteiger partial charge in [-0.25, -0.2) is 13.2 Å². The number of amides is 1. The molecule has 1 aliphatic heterocycles. The zero-order valence-electron chi connectivity index (χ0n) is 10.4. The van der Waals surface area contributed by atoms with Crippen LogP contribution in [0.15, 0.2) is 12.1 Å². The molecule has 4 nitrogen and oxygen atoms in total. The molecule has 0 aliphatic carbocycles. The highest BCUT2D eigenvalue weighted by atomic mass is 19.2. The fraction of sp³-hybridized carbons (Fsp3) is 0.385. The van der Waals surface area contributed by atoms with Gasteiger partial charge in [0.15, 0.2) is 11.6 Å². The van der Waals surface area contributed by atoms with Crippen LogP contribution >= 0.6 is 0 Å². The molecule has 1 N–H and O–H groups in total. The van der Waals surface area contributed by atoms with Crippen LogP contribution in [0.5, 0.6) is 0 Å². The normalized spacial score (nSPS) is 17.3. The first-order valence-electron chi connectivity index (χ1n) is 5.93. The number of halogens is 3. The van der Waals surface area contributed by atoms with E-state index in [2.05, 4.69) is 5.32 Å². The standard InChI is InChI=1S/C13H11F3N2O2/c14-8-5-9(15)11(16)10(6-8)18-12(19)13(7-17)1-3-20-4-2-13/h5-6H,1-4H2,(H,18,19). The van der Waals surface area contributed by atoms with E-state index in [4.69, 9.17) is 10.00 Å². The van der Waals surface area contributed by atoms with Crippen LogP contribution in [0.3, 0.4) is 0 Å². The van der Waals surface area contributed by atoms with Crippen LogP contribution in [0.4, 0.5) is 18.9 Å². The molecule has 1 aliphatic rings. The van der Waals surface area contributed by atoms with Gasteiger partial charge in [-0.15, -0.1) is 0 Å². The minimum atomic E-state index is -1.40. The lowest BCUT2D eigenvalue weighted by Gasteiger charge is -2.29. The number of rotatable bonds is 2. The van der Waals surface area contributed by atoms with E-state index in [1.807, 2.05) is 6.07 Å². The van der Waals surface area contributed by atoms with Gasteiger partial charge in [0.25, 0.3) is 0 Å². The highest BCUT2D eigenvalue weighted by Crippen LogP contribution is 2.32. The third kappa shape index (κ3) is 2.60. The number of carbonyl (C=O) groups is 1. The third-order valence-electron chi connectivity index (χ3n) is 3.24. The van der Waals surface area contributed by atoms with Gasteiger partial charge in [-0.2, -0.15) is 5.26 Å². The van der Waals surface area contributed by atoms with Gasteiger partial charge in [-0.05, 0) is 12.8 Å². The molecule has 0 unspecified atom stereocenters. The van der Waals surface area contributed by atoms with Crippen molar-refractivity contribution in [2.24, 2.45) is 5.41 Å². The summed E-state index contributed by atoms with van der Waals surface area (Å²) >= 11 is 0. The van der Waals surface area contributed by atoms with Crippen LogP contribution in [0.25, 0.3) is 0 Å². The van der Waals surface area contributed by atoms with Crippen molar-refractivity contribution in [3.8, 4) is 6.07 Å². The topological polar surface area (TPSA) is 62.1 Å². The van der Waals surface area contributed by atoms with E-state index in [0.29, 0.717) is 12.1 Å². The van der Waals surface area contributed by atoms with E-state index < -0.39 is 34.5 Å². The Balaban J connectivity index is 2.25. The Hall–Kier alpha value is -2.07. The van der Waals surface area contributed by atoms with Gasteiger partial charge in [0.1, 0.15) is 11.2 Å². The molecule has 7 heteroatoms. The molecule has 1 saturated heterocycles. The lowest BCUT2D eigenvalue weighted by molar-refractivity contribution is -0.126. The number of hydrogen-bond donors (Lipinski definition) is 1. The molecule has 1 heterocycles. The smallest absolute Gasteiger partial charge is 0.245 e. The highest BCUT2D eigenvalue weighted by molar-refractivity contribution is 5.97. The van der Waals surface area contributed by atoms with Crippen LogP contribution in [0.1, 0.15) is 12.8 Å². The molecule has 106 valence electrons. The summed E-state index contributed by atoms with van der Waals surface area (Å²) in [5.41, 5.74) is -1.98. The largest absolute Gasteiger partial charge is 0.381 e. The third-order valence-corrected chi connectivity index (χ3v) is 3.24. The van der Waals surface area contributed by atoms with Gasteiger partial charge < -0.3 is 10.1 Å². The Labute approximate surface area is 113 Å². The summed E-state index contributed by atoms with van der Waals surface area (Å²) in [6.07, 6.45) is 0.295. The second-order valence-corrected chi connectivity index (χ2v) is 4.51. The second-order valence-electron chi connectivity index (χ2n) is 4.51. The number of benzene rings is 1. The van der Waals surface area contributed by atoms with E-state index in [-0.39, 0.29) is 26.1 Å². The molecule has 0 aromatic heterocycles. The van der Waals surface area contributed by atoms with E-state index >= 15 is 0 Å². The Morgan fingerprint density at radius 2 is 1.95 bits per heavy atom. The summed E-state index contributed by atoms with van der Waals surface area (Å²) in [5.74, 6) is -4.57. The summed E-state index contributed by atoms with van der Waals surface area (Å²) in [6.45, 7) is 0.446. The van der Waals surface area contributed by atoms with E-state index in [1.165, 1.54) is 0 Å². The van der Waals surface area contributed by atoms with Gasteiger partial charge >= 0.3 is 0 Å². The minimum Gasteiger partial charge on any atom is -0.381 e. The van der Waals surface area contributed by atoms with Crippen molar-refractivity contribution in [3.05, 3.63) is 29.6 Å². The molecule has 1 amide bonds. The maximum atomic E-state index is 13.5. The molecule has 1 aromatic rings. The van der Waals surface area contributed by atoms with Crippen molar-refractivity contribution < 1.29 is 22.7 Å². The predicted molar refractivity (Wildman–Crippen MR) is 63.0 cm³/mol. The summed E-state index contributed by atoms with van der Waals surface area (Å²) in [6, 6.07) is 2.93. The summed E-state index contributed by atoms with van der Waals surface area (Å²) in [5, 5.41) is 11.2. The molecule has 20 heavy (non-hydrogen) atoms. The van der Waals surface area contributed by atoms with Crippen molar-refractivity contribution in [2.75, 3.05) is 18.5 Å². The Morgan fingerprint density at radius 3 is 2.55 bits per heavy atom. The van der Waals surface area contributed by atoms with Crippen molar-refractivity contribution in [3.63, 3.8) is 0 Å².